The highest BCUT2D eigenvalue weighted by Crippen LogP contribution is 2.26. The molecule has 6 heteroatoms. The third-order valence-electron chi connectivity index (χ3n) is 3.37. The lowest BCUT2D eigenvalue weighted by atomic mass is 10.1. The van der Waals surface area contributed by atoms with Crippen molar-refractivity contribution in [2.75, 3.05) is 11.1 Å². The van der Waals surface area contributed by atoms with Crippen molar-refractivity contribution in [3.05, 3.63) is 63.2 Å². The van der Waals surface area contributed by atoms with Crippen molar-refractivity contribution in [3.8, 4) is 0 Å². The number of carbonyl (C=O) groups excluding carboxylic acids is 1. The molecule has 0 bridgehead atoms. The Labute approximate surface area is 121 Å². The molecule has 108 valence electrons. The Bertz CT molecular complexity index is 726. The fourth-order valence-corrected chi connectivity index (χ4v) is 2.05. The number of nitrogens with zero attached hydrogens (tertiary/aromatic N) is 1. The van der Waals surface area contributed by atoms with E-state index in [0.717, 1.165) is 0 Å². The molecule has 2 aromatic rings. The molecule has 0 spiro atoms. The molecule has 21 heavy (non-hydrogen) atoms. The van der Waals surface area contributed by atoms with Crippen LogP contribution < -0.4 is 11.1 Å². The van der Waals surface area contributed by atoms with Crippen molar-refractivity contribution in [3.63, 3.8) is 0 Å². The van der Waals surface area contributed by atoms with Gasteiger partial charge in [0.05, 0.1) is 16.2 Å². The molecule has 0 atom stereocenters. The summed E-state index contributed by atoms with van der Waals surface area (Å²) >= 11 is 0. The Morgan fingerprint density at radius 1 is 1.14 bits per heavy atom. The summed E-state index contributed by atoms with van der Waals surface area (Å²) in [6.45, 7) is 3.35. The van der Waals surface area contributed by atoms with Crippen LogP contribution in [0.5, 0.6) is 0 Å². The summed E-state index contributed by atoms with van der Waals surface area (Å²) in [5.74, 6) is -0.344. The maximum atomic E-state index is 12.3. The van der Waals surface area contributed by atoms with E-state index in [4.69, 9.17) is 5.73 Å². The Hall–Kier alpha value is -2.89. The summed E-state index contributed by atoms with van der Waals surface area (Å²) in [5.41, 5.74) is 8.22. The van der Waals surface area contributed by atoms with Crippen LogP contribution in [0.2, 0.25) is 0 Å². The van der Waals surface area contributed by atoms with Crippen LogP contribution in [0, 0.1) is 24.0 Å². The van der Waals surface area contributed by atoms with Crippen LogP contribution in [0.1, 0.15) is 21.5 Å². The summed E-state index contributed by atoms with van der Waals surface area (Å²) in [6, 6.07) is 9.63. The number of carbonyl (C=O) groups is 1. The third kappa shape index (κ3) is 2.84. The van der Waals surface area contributed by atoms with E-state index in [-0.39, 0.29) is 11.6 Å². The van der Waals surface area contributed by atoms with E-state index in [2.05, 4.69) is 5.32 Å². The van der Waals surface area contributed by atoms with Crippen molar-refractivity contribution in [2.45, 2.75) is 13.8 Å². The lowest BCUT2D eigenvalue weighted by Gasteiger charge is -2.11. The molecule has 2 aromatic carbocycles. The van der Waals surface area contributed by atoms with Crippen molar-refractivity contribution in [1.82, 2.24) is 0 Å². The maximum absolute atomic E-state index is 12.3. The number of hydrogen-bond acceptors (Lipinski definition) is 4. The minimum Gasteiger partial charge on any atom is -0.398 e. The number of anilines is 2. The van der Waals surface area contributed by atoms with E-state index in [1.165, 1.54) is 12.1 Å². The molecule has 0 unspecified atom stereocenters. The van der Waals surface area contributed by atoms with Gasteiger partial charge < -0.3 is 11.1 Å². The van der Waals surface area contributed by atoms with Gasteiger partial charge in [0.2, 0.25) is 0 Å². The largest absolute Gasteiger partial charge is 0.398 e. The molecule has 0 fully saturated rings. The van der Waals surface area contributed by atoms with E-state index in [9.17, 15) is 14.9 Å². The molecule has 0 aliphatic carbocycles. The van der Waals surface area contributed by atoms with Crippen molar-refractivity contribution in [1.29, 1.82) is 0 Å². The predicted octanol–water partition coefficient (Wildman–Crippen LogP) is 3.05. The topological polar surface area (TPSA) is 98.3 Å². The summed E-state index contributed by atoms with van der Waals surface area (Å²) in [4.78, 5) is 22.7. The zero-order valence-corrected chi connectivity index (χ0v) is 11.7. The van der Waals surface area contributed by atoms with Crippen molar-refractivity contribution >= 4 is 23.0 Å². The molecule has 0 aliphatic rings. The molecule has 0 aliphatic heterocycles. The fraction of sp³-hybridized carbons (Fsp3) is 0.133. The average Bonchev–Trinajstić information content (AvgIpc) is 2.43. The number of nitro groups is 1. The first kappa shape index (κ1) is 14.5. The standard InChI is InChI=1S/C15H15N3O3/c1-9-11(5-3-6-12(9)16)15(19)17-13-7-4-8-14(10(13)2)18(20)21/h3-8H,16H2,1-2H3,(H,17,19). The van der Waals surface area contributed by atoms with Crippen LogP contribution in [0.25, 0.3) is 0 Å². The van der Waals surface area contributed by atoms with E-state index >= 15 is 0 Å². The highest BCUT2D eigenvalue weighted by Gasteiger charge is 2.16. The van der Waals surface area contributed by atoms with Gasteiger partial charge in [-0.2, -0.15) is 0 Å². The van der Waals surface area contributed by atoms with E-state index in [0.29, 0.717) is 28.1 Å². The Morgan fingerprint density at radius 3 is 2.48 bits per heavy atom. The minimum atomic E-state index is -0.475. The van der Waals surface area contributed by atoms with Gasteiger partial charge in [-0.25, -0.2) is 0 Å². The van der Waals surface area contributed by atoms with Gasteiger partial charge in [0, 0.05) is 17.3 Å². The maximum Gasteiger partial charge on any atom is 0.274 e. The average molecular weight is 285 g/mol. The van der Waals surface area contributed by atoms with Gasteiger partial charge in [0.1, 0.15) is 0 Å². The van der Waals surface area contributed by atoms with Crippen LogP contribution in [-0.2, 0) is 0 Å². The quantitative estimate of drug-likeness (QED) is 0.514. The summed E-state index contributed by atoms with van der Waals surface area (Å²) in [6.07, 6.45) is 0. The lowest BCUT2D eigenvalue weighted by Crippen LogP contribution is -2.15. The highest BCUT2D eigenvalue weighted by atomic mass is 16.6. The van der Waals surface area contributed by atoms with E-state index in [1.807, 2.05) is 0 Å². The zero-order chi connectivity index (χ0) is 15.6. The number of nitrogens with two attached hydrogens (primary N) is 1. The molecular formula is C15H15N3O3. The normalized spacial score (nSPS) is 10.2. The number of amides is 1. The van der Waals surface area contributed by atoms with Gasteiger partial charge in [0.15, 0.2) is 0 Å². The first-order valence-electron chi connectivity index (χ1n) is 6.32. The number of benzene rings is 2. The minimum absolute atomic E-state index is 0.0305. The predicted molar refractivity (Wildman–Crippen MR) is 81.4 cm³/mol. The van der Waals surface area contributed by atoms with Gasteiger partial charge in [0.25, 0.3) is 11.6 Å². The van der Waals surface area contributed by atoms with Gasteiger partial charge in [-0.3, -0.25) is 14.9 Å². The van der Waals surface area contributed by atoms with Crippen LogP contribution in [0.3, 0.4) is 0 Å². The molecule has 0 aromatic heterocycles. The lowest BCUT2D eigenvalue weighted by molar-refractivity contribution is -0.385. The summed E-state index contributed by atoms with van der Waals surface area (Å²) in [7, 11) is 0. The smallest absolute Gasteiger partial charge is 0.274 e. The fourth-order valence-electron chi connectivity index (χ4n) is 2.05. The van der Waals surface area contributed by atoms with Gasteiger partial charge >= 0.3 is 0 Å². The molecule has 3 N–H and O–H groups in total. The molecule has 0 saturated carbocycles. The van der Waals surface area contributed by atoms with E-state index < -0.39 is 4.92 Å². The monoisotopic (exact) mass is 285 g/mol. The van der Waals surface area contributed by atoms with Crippen LogP contribution in [-0.4, -0.2) is 10.8 Å². The summed E-state index contributed by atoms with van der Waals surface area (Å²) < 4.78 is 0. The molecule has 0 saturated heterocycles. The number of nitro benzene ring substituents is 1. The molecule has 2 rings (SSSR count). The molecule has 6 nitrogen and oxygen atoms in total. The number of nitrogens with one attached hydrogen (secondary N) is 1. The van der Waals surface area contributed by atoms with Crippen LogP contribution in [0.15, 0.2) is 36.4 Å². The Kier molecular flexibility index (Phi) is 3.89. The van der Waals surface area contributed by atoms with E-state index in [1.54, 1.807) is 38.1 Å². The molecule has 0 heterocycles. The second-order valence-corrected chi connectivity index (χ2v) is 4.68. The number of nitrogen functional groups attached to an aromatic ring is 1. The number of rotatable bonds is 3. The Morgan fingerprint density at radius 2 is 1.81 bits per heavy atom. The first-order valence-corrected chi connectivity index (χ1v) is 6.32. The summed E-state index contributed by atoms with van der Waals surface area (Å²) in [5, 5.41) is 13.6. The second-order valence-electron chi connectivity index (χ2n) is 4.68. The molecule has 1 amide bonds. The third-order valence-corrected chi connectivity index (χ3v) is 3.37. The molecule has 0 radical (unpaired) electrons. The van der Waals surface area contributed by atoms with Crippen molar-refractivity contribution < 1.29 is 9.72 Å². The van der Waals surface area contributed by atoms with Gasteiger partial charge in [-0.1, -0.05) is 12.1 Å². The Balaban J connectivity index is 2.34. The first-order chi connectivity index (χ1) is 9.91. The van der Waals surface area contributed by atoms with Crippen LogP contribution in [0.4, 0.5) is 17.1 Å². The highest BCUT2D eigenvalue weighted by molar-refractivity contribution is 6.06. The van der Waals surface area contributed by atoms with Crippen molar-refractivity contribution in [2.24, 2.45) is 0 Å². The van der Waals surface area contributed by atoms with Gasteiger partial charge in [-0.05, 0) is 37.6 Å². The van der Waals surface area contributed by atoms with Gasteiger partial charge in [-0.15, -0.1) is 0 Å². The van der Waals surface area contributed by atoms with Crippen LogP contribution >= 0.6 is 0 Å². The zero-order valence-electron chi connectivity index (χ0n) is 11.7. The SMILES string of the molecule is Cc1c(N)cccc1C(=O)Nc1cccc([N+](=O)[O-])c1C. The molecular weight excluding hydrogens is 270 g/mol. The number of hydrogen-bond donors (Lipinski definition) is 2. The second kappa shape index (κ2) is 5.62.